The summed E-state index contributed by atoms with van der Waals surface area (Å²) in [5, 5.41) is 10.0. The van der Waals surface area contributed by atoms with Crippen molar-refractivity contribution in [3.05, 3.63) is 58.3 Å². The van der Waals surface area contributed by atoms with Gasteiger partial charge in [-0.3, -0.25) is 24.2 Å². The SMILES string of the molecule is CC(C)[C@@H]1NC(=O)C(C)(C)NC(=O)c2csc(n2)CNC(=O)C[C@@H](/C=C/CCSC(=O)c2cccnc2)OC1=O. The molecule has 2 aromatic rings. The van der Waals surface area contributed by atoms with Crippen LogP contribution in [0.25, 0.3) is 0 Å². The maximum atomic E-state index is 13.2. The van der Waals surface area contributed by atoms with Crippen LogP contribution in [0.4, 0.5) is 0 Å². The molecule has 0 saturated heterocycles. The van der Waals surface area contributed by atoms with Gasteiger partial charge in [0.1, 0.15) is 28.4 Å². The molecular formula is C27H33N5O6S2. The number of esters is 1. The van der Waals surface area contributed by atoms with E-state index in [-0.39, 0.29) is 35.6 Å². The summed E-state index contributed by atoms with van der Waals surface area (Å²) in [7, 11) is 0. The van der Waals surface area contributed by atoms with Crippen molar-refractivity contribution in [2.24, 2.45) is 5.92 Å². The van der Waals surface area contributed by atoms with Crippen LogP contribution in [-0.4, -0.2) is 62.2 Å². The number of carbonyl (C=O) groups is 5. The van der Waals surface area contributed by atoms with E-state index < -0.39 is 35.5 Å². The zero-order valence-electron chi connectivity index (χ0n) is 22.8. The molecule has 1 aliphatic heterocycles. The standard InChI is InChI=1S/C27H33N5O6S2/c1-16(2)22-24(35)38-18(9-5-6-11-39-25(36)17-8-7-10-28-13-17)12-20(33)29-14-21-30-19(15-40-21)23(34)32-27(3,4)26(37)31-22/h5,7-10,13,15-16,18,22H,6,11-12,14H2,1-4H3,(H,29,33)(H,31,37)(H,32,34)/b9-5+/t18-,22+/m1/s1. The summed E-state index contributed by atoms with van der Waals surface area (Å²) < 4.78 is 5.68. The number of pyridine rings is 1. The molecule has 0 aliphatic carbocycles. The van der Waals surface area contributed by atoms with Gasteiger partial charge >= 0.3 is 5.97 Å². The van der Waals surface area contributed by atoms with Gasteiger partial charge in [-0.1, -0.05) is 31.7 Å². The Kier molecular flexibility index (Phi) is 11.0. The summed E-state index contributed by atoms with van der Waals surface area (Å²) in [5.74, 6) is -2.06. The van der Waals surface area contributed by atoms with Gasteiger partial charge in [0, 0.05) is 29.1 Å². The number of aromatic nitrogens is 2. The second kappa shape index (κ2) is 14.2. The summed E-state index contributed by atoms with van der Waals surface area (Å²) >= 11 is 2.34. The molecule has 3 N–H and O–H groups in total. The molecule has 0 fully saturated rings. The van der Waals surface area contributed by atoms with Gasteiger partial charge in [-0.05, 0) is 44.4 Å². The van der Waals surface area contributed by atoms with E-state index in [2.05, 4.69) is 25.9 Å². The van der Waals surface area contributed by atoms with E-state index in [1.165, 1.54) is 31.4 Å². The van der Waals surface area contributed by atoms with Gasteiger partial charge in [-0.2, -0.15) is 0 Å². The van der Waals surface area contributed by atoms with E-state index in [4.69, 9.17) is 4.74 Å². The van der Waals surface area contributed by atoms with Crippen molar-refractivity contribution in [3.8, 4) is 0 Å². The van der Waals surface area contributed by atoms with E-state index in [1.54, 1.807) is 49.7 Å². The first kappa shape index (κ1) is 31.0. The maximum Gasteiger partial charge on any atom is 0.329 e. The van der Waals surface area contributed by atoms with Crippen molar-refractivity contribution in [2.45, 2.75) is 64.8 Å². The van der Waals surface area contributed by atoms with Crippen molar-refractivity contribution in [1.29, 1.82) is 0 Å². The van der Waals surface area contributed by atoms with Crippen molar-refractivity contribution in [3.63, 3.8) is 0 Å². The molecule has 2 atom stereocenters. The smallest absolute Gasteiger partial charge is 0.329 e. The average molecular weight is 588 g/mol. The van der Waals surface area contributed by atoms with Crippen LogP contribution < -0.4 is 16.0 Å². The minimum Gasteiger partial charge on any atom is -0.456 e. The molecule has 3 heterocycles. The molecule has 0 spiro atoms. The van der Waals surface area contributed by atoms with Crippen LogP contribution in [-0.2, 0) is 25.7 Å². The Labute approximate surface area is 241 Å². The second-order valence-electron chi connectivity index (χ2n) is 9.95. The fraction of sp³-hybridized carbons (Fsp3) is 0.444. The van der Waals surface area contributed by atoms with Crippen LogP contribution in [0, 0.1) is 5.92 Å². The van der Waals surface area contributed by atoms with Gasteiger partial charge in [0.05, 0.1) is 13.0 Å². The zero-order valence-corrected chi connectivity index (χ0v) is 24.4. The number of allylic oxidation sites excluding steroid dienone is 1. The highest BCUT2D eigenvalue weighted by Gasteiger charge is 2.36. The van der Waals surface area contributed by atoms with E-state index in [0.29, 0.717) is 22.7 Å². The Hall–Kier alpha value is -3.58. The summed E-state index contributed by atoms with van der Waals surface area (Å²) in [5.41, 5.74) is -0.705. The highest BCUT2D eigenvalue weighted by Crippen LogP contribution is 2.16. The first-order chi connectivity index (χ1) is 19.0. The highest BCUT2D eigenvalue weighted by atomic mass is 32.2. The molecule has 11 nitrogen and oxygen atoms in total. The molecule has 40 heavy (non-hydrogen) atoms. The normalized spacial score (nSPS) is 20.5. The Morgan fingerprint density at radius 2 is 2.05 bits per heavy atom. The minimum atomic E-state index is -1.34. The first-order valence-corrected chi connectivity index (χ1v) is 14.6. The molecule has 0 radical (unpaired) electrons. The average Bonchev–Trinajstić information content (AvgIpc) is 3.39. The van der Waals surface area contributed by atoms with Crippen LogP contribution in [0.5, 0.6) is 0 Å². The molecule has 0 unspecified atom stereocenters. The van der Waals surface area contributed by atoms with Crippen molar-refractivity contribution in [2.75, 3.05) is 5.75 Å². The lowest BCUT2D eigenvalue weighted by molar-refractivity contribution is -0.153. The lowest BCUT2D eigenvalue weighted by Gasteiger charge is -2.29. The van der Waals surface area contributed by atoms with Gasteiger partial charge in [0.2, 0.25) is 16.9 Å². The lowest BCUT2D eigenvalue weighted by Crippen LogP contribution is -2.59. The van der Waals surface area contributed by atoms with E-state index in [9.17, 15) is 24.0 Å². The largest absolute Gasteiger partial charge is 0.456 e. The number of thioether (sulfide) groups is 1. The Balaban J connectivity index is 1.74. The van der Waals surface area contributed by atoms with Gasteiger partial charge in [-0.25, -0.2) is 9.78 Å². The van der Waals surface area contributed by atoms with Crippen LogP contribution >= 0.6 is 23.1 Å². The summed E-state index contributed by atoms with van der Waals surface area (Å²) in [6.45, 7) is 6.65. The number of carbonyl (C=O) groups excluding carboxylic acids is 5. The fourth-order valence-electron chi connectivity index (χ4n) is 3.56. The van der Waals surface area contributed by atoms with Gasteiger partial charge in [0.15, 0.2) is 0 Å². The monoisotopic (exact) mass is 587 g/mol. The number of amides is 3. The summed E-state index contributed by atoms with van der Waals surface area (Å²) in [6.07, 6.45) is 5.89. The Morgan fingerprint density at radius 3 is 2.75 bits per heavy atom. The van der Waals surface area contributed by atoms with Crippen molar-refractivity contribution in [1.82, 2.24) is 25.9 Å². The van der Waals surface area contributed by atoms with Crippen LogP contribution in [0.3, 0.4) is 0 Å². The number of thiazole rings is 1. The topological polar surface area (TPSA) is 156 Å². The third-order valence-electron chi connectivity index (χ3n) is 5.84. The lowest BCUT2D eigenvalue weighted by atomic mass is 9.99. The molecule has 2 aromatic heterocycles. The quantitative estimate of drug-likeness (QED) is 0.263. The third kappa shape index (κ3) is 8.98. The molecule has 214 valence electrons. The minimum absolute atomic E-state index is 0.0900. The number of cyclic esters (lactones) is 1. The number of hydrogen-bond donors (Lipinski definition) is 3. The molecule has 13 heteroatoms. The fourth-order valence-corrected chi connectivity index (χ4v) is 5.00. The maximum absolute atomic E-state index is 13.2. The third-order valence-corrected chi connectivity index (χ3v) is 7.63. The van der Waals surface area contributed by atoms with Gasteiger partial charge in [0.25, 0.3) is 5.91 Å². The number of rotatable bonds is 6. The number of ether oxygens (including phenoxy) is 1. The number of nitrogens with zero attached hydrogens (tertiary/aromatic N) is 2. The van der Waals surface area contributed by atoms with Crippen LogP contribution in [0.15, 0.2) is 42.1 Å². The predicted molar refractivity (Wildman–Crippen MR) is 152 cm³/mol. The summed E-state index contributed by atoms with van der Waals surface area (Å²) in [4.78, 5) is 72.1. The van der Waals surface area contributed by atoms with Gasteiger partial charge < -0.3 is 20.7 Å². The van der Waals surface area contributed by atoms with Crippen LogP contribution in [0.1, 0.15) is 66.4 Å². The Morgan fingerprint density at radius 1 is 1.27 bits per heavy atom. The van der Waals surface area contributed by atoms with E-state index in [1.807, 2.05) is 0 Å². The molecule has 0 saturated carbocycles. The van der Waals surface area contributed by atoms with E-state index in [0.717, 1.165) is 11.8 Å². The molecular weight excluding hydrogens is 554 g/mol. The number of fused-ring (bicyclic) bond motifs is 2. The number of nitrogens with one attached hydrogen (secondary N) is 3. The van der Waals surface area contributed by atoms with Gasteiger partial charge in [-0.15, -0.1) is 11.3 Å². The van der Waals surface area contributed by atoms with Crippen molar-refractivity contribution < 1.29 is 28.7 Å². The molecule has 1 aliphatic rings. The highest BCUT2D eigenvalue weighted by molar-refractivity contribution is 8.14. The molecule has 3 amide bonds. The zero-order chi connectivity index (χ0) is 29.3. The molecule has 0 aromatic carbocycles. The Bertz CT molecular complexity index is 1260. The molecule has 3 rings (SSSR count). The molecule has 2 bridgehead atoms. The van der Waals surface area contributed by atoms with Crippen molar-refractivity contribution >= 4 is 51.9 Å². The van der Waals surface area contributed by atoms with Crippen LogP contribution in [0.2, 0.25) is 0 Å². The predicted octanol–water partition coefficient (Wildman–Crippen LogP) is 2.64. The second-order valence-corrected chi connectivity index (χ2v) is 12.0. The van der Waals surface area contributed by atoms with E-state index >= 15 is 0 Å². The number of hydrogen-bond acceptors (Lipinski definition) is 10. The summed E-state index contributed by atoms with van der Waals surface area (Å²) in [6, 6.07) is 2.37. The first-order valence-electron chi connectivity index (χ1n) is 12.7.